The molecular formula is C25H50O2. The fraction of sp³-hybridized carbons (Fsp3) is 1.00. The second-order valence-electron chi connectivity index (χ2n) is 8.72. The predicted molar refractivity (Wildman–Crippen MR) is 119 cm³/mol. The Kier molecular flexibility index (Phi) is 19.1. The third kappa shape index (κ3) is 20.5. The zero-order chi connectivity index (χ0) is 19.3. The summed E-state index contributed by atoms with van der Waals surface area (Å²) >= 11 is 0. The molecule has 2 heteroatoms. The molecule has 1 heterocycles. The van der Waals surface area contributed by atoms with Crippen LogP contribution < -0.4 is 0 Å². The first-order valence-corrected chi connectivity index (χ1v) is 12.6. The summed E-state index contributed by atoms with van der Waals surface area (Å²) in [6, 6.07) is 0. The van der Waals surface area contributed by atoms with Crippen LogP contribution in [0.2, 0.25) is 0 Å². The van der Waals surface area contributed by atoms with Crippen molar-refractivity contribution in [2.75, 3.05) is 19.8 Å². The van der Waals surface area contributed by atoms with Gasteiger partial charge in [-0.2, -0.15) is 0 Å². The van der Waals surface area contributed by atoms with Gasteiger partial charge in [0.15, 0.2) is 0 Å². The molecule has 0 amide bonds. The third-order valence-electron chi connectivity index (χ3n) is 5.86. The monoisotopic (exact) mass is 382 g/mol. The molecule has 162 valence electrons. The first kappa shape index (κ1) is 25.0. The SMILES string of the molecule is CCCCCCCCCCCCOCCCCCCCCCCCC1CO1. The number of rotatable bonds is 23. The van der Waals surface area contributed by atoms with Crippen molar-refractivity contribution in [1.82, 2.24) is 0 Å². The molecule has 0 N–H and O–H groups in total. The van der Waals surface area contributed by atoms with Crippen molar-refractivity contribution in [2.24, 2.45) is 0 Å². The van der Waals surface area contributed by atoms with Crippen LogP contribution in [0.15, 0.2) is 0 Å². The highest BCUT2D eigenvalue weighted by atomic mass is 16.6. The van der Waals surface area contributed by atoms with Crippen molar-refractivity contribution in [3.63, 3.8) is 0 Å². The van der Waals surface area contributed by atoms with Crippen molar-refractivity contribution in [3.05, 3.63) is 0 Å². The van der Waals surface area contributed by atoms with E-state index in [2.05, 4.69) is 6.92 Å². The highest BCUT2D eigenvalue weighted by Gasteiger charge is 2.20. The minimum absolute atomic E-state index is 0.636. The normalized spacial score (nSPS) is 16.1. The summed E-state index contributed by atoms with van der Waals surface area (Å²) in [6.07, 6.45) is 28.5. The molecular weight excluding hydrogens is 332 g/mol. The van der Waals surface area contributed by atoms with Gasteiger partial charge >= 0.3 is 0 Å². The lowest BCUT2D eigenvalue weighted by Crippen LogP contribution is -1.97. The number of epoxide rings is 1. The summed E-state index contributed by atoms with van der Waals surface area (Å²) in [5.74, 6) is 0. The van der Waals surface area contributed by atoms with Crippen molar-refractivity contribution in [3.8, 4) is 0 Å². The number of unbranched alkanes of at least 4 members (excludes halogenated alkanes) is 17. The lowest BCUT2D eigenvalue weighted by Gasteiger charge is -2.05. The maximum atomic E-state index is 5.79. The minimum Gasteiger partial charge on any atom is -0.381 e. The Bertz CT molecular complexity index is 275. The van der Waals surface area contributed by atoms with Gasteiger partial charge in [-0.15, -0.1) is 0 Å². The number of ether oxygens (including phenoxy) is 2. The molecule has 1 aliphatic heterocycles. The highest BCUT2D eigenvalue weighted by Crippen LogP contribution is 2.18. The summed E-state index contributed by atoms with van der Waals surface area (Å²) in [5, 5.41) is 0. The first-order valence-electron chi connectivity index (χ1n) is 12.6. The molecule has 0 saturated carbocycles. The molecule has 0 aromatic heterocycles. The van der Waals surface area contributed by atoms with Crippen molar-refractivity contribution in [2.45, 2.75) is 141 Å². The van der Waals surface area contributed by atoms with Gasteiger partial charge in [0.05, 0.1) is 12.7 Å². The van der Waals surface area contributed by atoms with E-state index in [0.717, 1.165) is 19.8 Å². The van der Waals surface area contributed by atoms with Crippen molar-refractivity contribution < 1.29 is 9.47 Å². The summed E-state index contributed by atoms with van der Waals surface area (Å²) < 4.78 is 11.0. The van der Waals surface area contributed by atoms with E-state index >= 15 is 0 Å². The highest BCUT2D eigenvalue weighted by molar-refractivity contribution is 4.68. The van der Waals surface area contributed by atoms with Crippen molar-refractivity contribution >= 4 is 0 Å². The van der Waals surface area contributed by atoms with Gasteiger partial charge < -0.3 is 9.47 Å². The lowest BCUT2D eigenvalue weighted by atomic mass is 10.1. The zero-order valence-corrected chi connectivity index (χ0v) is 18.7. The van der Waals surface area contributed by atoms with E-state index in [4.69, 9.17) is 9.47 Å². The summed E-state index contributed by atoms with van der Waals surface area (Å²) in [5.41, 5.74) is 0. The molecule has 0 radical (unpaired) electrons. The lowest BCUT2D eigenvalue weighted by molar-refractivity contribution is 0.125. The Labute approximate surface area is 171 Å². The van der Waals surface area contributed by atoms with Crippen LogP contribution in [-0.2, 0) is 9.47 Å². The van der Waals surface area contributed by atoms with E-state index in [1.807, 2.05) is 0 Å². The minimum atomic E-state index is 0.636. The van der Waals surface area contributed by atoms with Crippen LogP contribution in [0, 0.1) is 0 Å². The van der Waals surface area contributed by atoms with E-state index in [1.165, 1.54) is 128 Å². The number of hydrogen-bond donors (Lipinski definition) is 0. The summed E-state index contributed by atoms with van der Waals surface area (Å²) in [6.45, 7) is 5.30. The van der Waals surface area contributed by atoms with Gasteiger partial charge in [-0.05, 0) is 19.3 Å². The van der Waals surface area contributed by atoms with E-state index in [0.29, 0.717) is 6.10 Å². The molecule has 27 heavy (non-hydrogen) atoms. The van der Waals surface area contributed by atoms with Gasteiger partial charge in [0.1, 0.15) is 0 Å². The fourth-order valence-electron chi connectivity index (χ4n) is 3.84. The average molecular weight is 383 g/mol. The fourth-order valence-corrected chi connectivity index (χ4v) is 3.84. The molecule has 0 spiro atoms. The topological polar surface area (TPSA) is 21.8 Å². The Morgan fingerprint density at radius 2 is 0.926 bits per heavy atom. The largest absolute Gasteiger partial charge is 0.381 e. The van der Waals surface area contributed by atoms with E-state index in [-0.39, 0.29) is 0 Å². The van der Waals surface area contributed by atoms with Gasteiger partial charge in [0.2, 0.25) is 0 Å². The van der Waals surface area contributed by atoms with Gasteiger partial charge in [0.25, 0.3) is 0 Å². The standard InChI is InChI=1S/C25H50O2/c1-2-3-4-5-6-7-10-13-16-19-22-26-23-20-17-14-11-8-9-12-15-18-21-25-24-27-25/h25H,2-24H2,1H3. The van der Waals surface area contributed by atoms with Gasteiger partial charge in [-0.3, -0.25) is 0 Å². The molecule has 2 nitrogen and oxygen atoms in total. The van der Waals surface area contributed by atoms with Gasteiger partial charge in [-0.1, -0.05) is 116 Å². The molecule has 0 bridgehead atoms. The van der Waals surface area contributed by atoms with E-state index < -0.39 is 0 Å². The Balaban J connectivity index is 1.59. The van der Waals surface area contributed by atoms with Gasteiger partial charge in [0, 0.05) is 13.2 Å². The summed E-state index contributed by atoms with van der Waals surface area (Å²) in [7, 11) is 0. The maximum Gasteiger partial charge on any atom is 0.0810 e. The first-order chi connectivity index (χ1) is 13.4. The van der Waals surface area contributed by atoms with E-state index in [9.17, 15) is 0 Å². The molecule has 1 aliphatic rings. The summed E-state index contributed by atoms with van der Waals surface area (Å²) in [4.78, 5) is 0. The second-order valence-corrected chi connectivity index (χ2v) is 8.72. The molecule has 0 aromatic rings. The Morgan fingerprint density at radius 1 is 0.556 bits per heavy atom. The second kappa shape index (κ2) is 20.6. The Morgan fingerprint density at radius 3 is 1.33 bits per heavy atom. The molecule has 0 aromatic carbocycles. The van der Waals surface area contributed by atoms with Crippen LogP contribution >= 0.6 is 0 Å². The third-order valence-corrected chi connectivity index (χ3v) is 5.86. The average Bonchev–Trinajstić information content (AvgIpc) is 3.50. The van der Waals surface area contributed by atoms with Crippen molar-refractivity contribution in [1.29, 1.82) is 0 Å². The molecule has 1 rings (SSSR count). The van der Waals surface area contributed by atoms with Crippen LogP contribution in [0.4, 0.5) is 0 Å². The maximum absolute atomic E-state index is 5.79. The van der Waals surface area contributed by atoms with E-state index in [1.54, 1.807) is 0 Å². The van der Waals surface area contributed by atoms with Crippen LogP contribution in [0.1, 0.15) is 135 Å². The molecule has 1 unspecified atom stereocenters. The van der Waals surface area contributed by atoms with Crippen LogP contribution in [0.3, 0.4) is 0 Å². The van der Waals surface area contributed by atoms with Crippen LogP contribution in [0.25, 0.3) is 0 Å². The predicted octanol–water partition coefficient (Wildman–Crippen LogP) is 8.22. The quantitative estimate of drug-likeness (QED) is 0.131. The molecule has 1 saturated heterocycles. The Hall–Kier alpha value is -0.0800. The molecule has 1 atom stereocenters. The van der Waals surface area contributed by atoms with Gasteiger partial charge in [-0.25, -0.2) is 0 Å². The zero-order valence-electron chi connectivity index (χ0n) is 18.7. The van der Waals surface area contributed by atoms with Crippen LogP contribution in [-0.4, -0.2) is 25.9 Å². The smallest absolute Gasteiger partial charge is 0.0810 e. The molecule has 0 aliphatic carbocycles. The van der Waals surface area contributed by atoms with Crippen LogP contribution in [0.5, 0.6) is 0 Å². The molecule has 1 fully saturated rings. The number of hydrogen-bond acceptors (Lipinski definition) is 2.